The normalized spacial score (nSPS) is 12.1. The second-order valence-electron chi connectivity index (χ2n) is 4.49. The minimum Gasteiger partial charge on any atom is -0.496 e. The number of halogens is 2. The molecule has 0 spiro atoms. The van der Waals surface area contributed by atoms with Crippen molar-refractivity contribution in [3.8, 4) is 11.5 Å². The van der Waals surface area contributed by atoms with Gasteiger partial charge in [0, 0.05) is 0 Å². The Bertz CT molecular complexity index is 560. The molecule has 0 amide bonds. The van der Waals surface area contributed by atoms with Crippen LogP contribution in [0.4, 0.5) is 4.39 Å². The number of methoxy groups -OCH3 is 2. The second-order valence-corrected chi connectivity index (χ2v) is 4.92. The summed E-state index contributed by atoms with van der Waals surface area (Å²) in [6, 6.07) is 10.4. The molecule has 0 aliphatic heterocycles. The van der Waals surface area contributed by atoms with Gasteiger partial charge >= 0.3 is 0 Å². The van der Waals surface area contributed by atoms with Gasteiger partial charge in [-0.2, -0.15) is 0 Å². The molecule has 0 N–H and O–H groups in total. The van der Waals surface area contributed by atoms with Crippen molar-refractivity contribution >= 4 is 11.6 Å². The summed E-state index contributed by atoms with van der Waals surface area (Å²) in [6.07, 6.45) is 0. The topological polar surface area (TPSA) is 18.5 Å². The van der Waals surface area contributed by atoms with Crippen LogP contribution in [0.1, 0.15) is 22.1 Å². The molecule has 0 heterocycles. The van der Waals surface area contributed by atoms with E-state index in [4.69, 9.17) is 21.1 Å². The van der Waals surface area contributed by atoms with Crippen LogP contribution in [0.3, 0.4) is 0 Å². The van der Waals surface area contributed by atoms with Crippen LogP contribution in [-0.2, 0) is 0 Å². The molecule has 4 heteroatoms. The van der Waals surface area contributed by atoms with Crippen LogP contribution >= 0.6 is 11.6 Å². The molecule has 0 saturated heterocycles. The maximum Gasteiger partial charge on any atom is 0.165 e. The minimum atomic E-state index is -0.417. The highest BCUT2D eigenvalue weighted by atomic mass is 35.5. The first-order chi connectivity index (χ1) is 9.56. The van der Waals surface area contributed by atoms with Gasteiger partial charge < -0.3 is 9.47 Å². The highest BCUT2D eigenvalue weighted by Crippen LogP contribution is 2.33. The Kier molecular flexibility index (Phi) is 4.50. The average Bonchev–Trinajstić information content (AvgIpc) is 2.46. The Morgan fingerprint density at radius 3 is 2.00 bits per heavy atom. The van der Waals surface area contributed by atoms with Gasteiger partial charge in [-0.3, -0.25) is 0 Å². The lowest BCUT2D eigenvalue weighted by atomic mass is 10.0. The fourth-order valence-corrected chi connectivity index (χ4v) is 2.36. The average molecular weight is 295 g/mol. The van der Waals surface area contributed by atoms with Gasteiger partial charge in [0.15, 0.2) is 11.6 Å². The van der Waals surface area contributed by atoms with Crippen molar-refractivity contribution in [1.82, 2.24) is 0 Å². The summed E-state index contributed by atoms with van der Waals surface area (Å²) < 4.78 is 23.8. The van der Waals surface area contributed by atoms with E-state index in [2.05, 4.69) is 0 Å². The molecule has 0 saturated carbocycles. The number of ether oxygens (including phenoxy) is 2. The fraction of sp³-hybridized carbons (Fsp3) is 0.250. The van der Waals surface area contributed by atoms with Crippen molar-refractivity contribution in [3.05, 3.63) is 58.9 Å². The first kappa shape index (κ1) is 14.7. The largest absolute Gasteiger partial charge is 0.496 e. The first-order valence-electron chi connectivity index (χ1n) is 6.19. The molecule has 106 valence electrons. The van der Waals surface area contributed by atoms with Crippen molar-refractivity contribution in [2.75, 3.05) is 14.2 Å². The van der Waals surface area contributed by atoms with E-state index in [1.54, 1.807) is 19.2 Å². The number of aryl methyl sites for hydroxylation is 1. The summed E-state index contributed by atoms with van der Waals surface area (Å²) in [4.78, 5) is 0. The lowest BCUT2D eigenvalue weighted by molar-refractivity contribution is 0.386. The number of hydrogen-bond acceptors (Lipinski definition) is 2. The quantitative estimate of drug-likeness (QED) is 0.774. The summed E-state index contributed by atoms with van der Waals surface area (Å²) in [7, 11) is 3.06. The molecule has 0 bridgehead atoms. The standard InChI is InChI=1S/C16H16ClFO2/c1-10-8-11(4-6-14(10)19-2)16(17)12-5-7-15(20-3)13(18)9-12/h4-9,16H,1-3H3. The molecule has 2 nitrogen and oxygen atoms in total. The maximum absolute atomic E-state index is 13.7. The molecule has 0 fully saturated rings. The van der Waals surface area contributed by atoms with E-state index in [0.717, 1.165) is 16.9 Å². The van der Waals surface area contributed by atoms with Gasteiger partial charge in [-0.05, 0) is 41.8 Å². The van der Waals surface area contributed by atoms with Gasteiger partial charge in [0.05, 0.1) is 19.6 Å². The first-order valence-corrected chi connectivity index (χ1v) is 6.62. The predicted octanol–water partition coefficient (Wildman–Crippen LogP) is 4.48. The van der Waals surface area contributed by atoms with Gasteiger partial charge in [-0.15, -0.1) is 11.6 Å². The van der Waals surface area contributed by atoms with E-state index < -0.39 is 11.2 Å². The Balaban J connectivity index is 2.33. The number of rotatable bonds is 4. The highest BCUT2D eigenvalue weighted by Gasteiger charge is 2.14. The van der Waals surface area contributed by atoms with Gasteiger partial charge in [0.1, 0.15) is 5.75 Å². The van der Waals surface area contributed by atoms with Crippen molar-refractivity contribution in [1.29, 1.82) is 0 Å². The summed E-state index contributed by atoms with van der Waals surface area (Å²) >= 11 is 6.42. The van der Waals surface area contributed by atoms with E-state index >= 15 is 0 Å². The minimum absolute atomic E-state index is 0.212. The lowest BCUT2D eigenvalue weighted by Gasteiger charge is -2.14. The zero-order valence-electron chi connectivity index (χ0n) is 11.6. The zero-order valence-corrected chi connectivity index (χ0v) is 12.4. The number of benzene rings is 2. The molecular formula is C16H16ClFO2. The van der Waals surface area contributed by atoms with Gasteiger partial charge in [-0.1, -0.05) is 18.2 Å². The van der Waals surface area contributed by atoms with E-state index in [1.807, 2.05) is 25.1 Å². The van der Waals surface area contributed by atoms with Crippen LogP contribution in [0.2, 0.25) is 0 Å². The van der Waals surface area contributed by atoms with E-state index in [0.29, 0.717) is 5.56 Å². The Morgan fingerprint density at radius 1 is 0.950 bits per heavy atom. The van der Waals surface area contributed by atoms with Crippen molar-refractivity contribution in [2.24, 2.45) is 0 Å². The fourth-order valence-electron chi connectivity index (χ4n) is 2.09. The molecule has 0 radical (unpaired) electrons. The van der Waals surface area contributed by atoms with Crippen molar-refractivity contribution < 1.29 is 13.9 Å². The zero-order chi connectivity index (χ0) is 14.7. The molecule has 2 aromatic carbocycles. The number of hydrogen-bond donors (Lipinski definition) is 0. The Morgan fingerprint density at radius 2 is 1.50 bits per heavy atom. The van der Waals surface area contributed by atoms with Crippen LogP contribution in [-0.4, -0.2) is 14.2 Å². The maximum atomic E-state index is 13.7. The predicted molar refractivity (Wildman–Crippen MR) is 78.4 cm³/mol. The molecule has 0 aliphatic carbocycles. The van der Waals surface area contributed by atoms with E-state index in [9.17, 15) is 4.39 Å². The van der Waals surface area contributed by atoms with Crippen LogP contribution in [0, 0.1) is 12.7 Å². The van der Waals surface area contributed by atoms with Gasteiger partial charge in [0.2, 0.25) is 0 Å². The number of alkyl halides is 1. The lowest BCUT2D eigenvalue weighted by Crippen LogP contribution is -1.97. The summed E-state index contributed by atoms with van der Waals surface area (Å²) in [5.74, 6) is 0.600. The third-order valence-electron chi connectivity index (χ3n) is 3.18. The molecule has 0 aromatic heterocycles. The van der Waals surface area contributed by atoms with Gasteiger partial charge in [-0.25, -0.2) is 4.39 Å². The molecule has 2 aromatic rings. The van der Waals surface area contributed by atoms with Crippen LogP contribution in [0.15, 0.2) is 36.4 Å². The Hall–Kier alpha value is -1.74. The monoisotopic (exact) mass is 294 g/mol. The van der Waals surface area contributed by atoms with Gasteiger partial charge in [0.25, 0.3) is 0 Å². The third kappa shape index (κ3) is 2.88. The molecule has 0 aliphatic rings. The molecular weight excluding hydrogens is 279 g/mol. The van der Waals surface area contributed by atoms with E-state index in [1.165, 1.54) is 13.2 Å². The molecule has 1 unspecified atom stereocenters. The Labute approximate surface area is 123 Å². The third-order valence-corrected chi connectivity index (χ3v) is 3.68. The van der Waals surface area contributed by atoms with Crippen LogP contribution < -0.4 is 9.47 Å². The second kappa shape index (κ2) is 6.14. The highest BCUT2D eigenvalue weighted by molar-refractivity contribution is 6.22. The summed E-state index contributed by atoms with van der Waals surface area (Å²) in [5.41, 5.74) is 2.58. The van der Waals surface area contributed by atoms with Crippen molar-refractivity contribution in [3.63, 3.8) is 0 Å². The van der Waals surface area contributed by atoms with E-state index in [-0.39, 0.29) is 5.75 Å². The van der Waals surface area contributed by atoms with Crippen molar-refractivity contribution in [2.45, 2.75) is 12.3 Å². The van der Waals surface area contributed by atoms with Crippen LogP contribution in [0.5, 0.6) is 11.5 Å². The summed E-state index contributed by atoms with van der Waals surface area (Å²) in [5, 5.41) is -0.417. The molecule has 2 rings (SSSR count). The van der Waals surface area contributed by atoms with Crippen LogP contribution in [0.25, 0.3) is 0 Å². The molecule has 1 atom stereocenters. The molecule has 20 heavy (non-hydrogen) atoms. The SMILES string of the molecule is COc1ccc(C(Cl)c2ccc(OC)c(F)c2)cc1C. The smallest absolute Gasteiger partial charge is 0.165 e. The summed E-state index contributed by atoms with van der Waals surface area (Å²) in [6.45, 7) is 1.94.